The summed E-state index contributed by atoms with van der Waals surface area (Å²) < 4.78 is 1.84. The second-order valence-electron chi connectivity index (χ2n) is 3.98. The number of hydrogen-bond acceptors (Lipinski definition) is 3. The van der Waals surface area contributed by atoms with E-state index in [2.05, 4.69) is 16.6 Å². The molecule has 1 aromatic rings. The van der Waals surface area contributed by atoms with Crippen molar-refractivity contribution in [3.05, 3.63) is 17.5 Å². The molecule has 2 heterocycles. The first-order valence-corrected chi connectivity index (χ1v) is 5.06. The minimum atomic E-state index is 0.206. The van der Waals surface area contributed by atoms with Crippen LogP contribution in [0.5, 0.6) is 0 Å². The predicted octanol–water partition coefficient (Wildman–Crippen LogP) is 0.166. The summed E-state index contributed by atoms with van der Waals surface area (Å²) in [6.45, 7) is 3.23. The molecule has 0 spiro atoms. The van der Waals surface area contributed by atoms with E-state index in [-0.39, 0.29) is 12.6 Å². The van der Waals surface area contributed by atoms with Gasteiger partial charge in [-0.15, -0.1) is 0 Å². The molecule has 1 aliphatic heterocycles. The van der Waals surface area contributed by atoms with Crippen molar-refractivity contribution in [2.24, 2.45) is 7.05 Å². The zero-order valence-corrected chi connectivity index (χ0v) is 8.70. The zero-order chi connectivity index (χ0) is 10.1. The predicted molar refractivity (Wildman–Crippen MR) is 54.2 cm³/mol. The molecule has 2 atom stereocenters. The Bertz CT molecular complexity index is 321. The van der Waals surface area contributed by atoms with Gasteiger partial charge in [0.15, 0.2) is 0 Å². The molecule has 1 aromatic heterocycles. The van der Waals surface area contributed by atoms with Crippen molar-refractivity contribution in [3.63, 3.8) is 0 Å². The highest BCUT2D eigenvalue weighted by molar-refractivity contribution is 5.24. The summed E-state index contributed by atoms with van der Waals surface area (Å²) in [6, 6.07) is 0.206. The third kappa shape index (κ3) is 1.55. The van der Waals surface area contributed by atoms with E-state index in [0.29, 0.717) is 5.92 Å². The average Bonchev–Trinajstić information content (AvgIpc) is 2.71. The van der Waals surface area contributed by atoms with Crippen LogP contribution < -0.4 is 5.32 Å². The molecule has 0 bridgehead atoms. The minimum Gasteiger partial charge on any atom is -0.395 e. The average molecular weight is 195 g/mol. The molecule has 1 aliphatic rings. The maximum Gasteiger partial charge on any atom is 0.0628 e. The van der Waals surface area contributed by atoms with E-state index < -0.39 is 0 Å². The standard InChI is InChI=1S/C10H17N3O/c1-7-9(5-13(2)12-7)8-3-4-11-10(8)6-14/h5,8,10-11,14H,3-4,6H2,1-2H3. The first-order chi connectivity index (χ1) is 6.72. The van der Waals surface area contributed by atoms with Crippen molar-refractivity contribution in [2.45, 2.75) is 25.3 Å². The summed E-state index contributed by atoms with van der Waals surface area (Å²) in [4.78, 5) is 0. The van der Waals surface area contributed by atoms with Crippen LogP contribution in [0.4, 0.5) is 0 Å². The summed E-state index contributed by atoms with van der Waals surface area (Å²) in [5.41, 5.74) is 2.36. The van der Waals surface area contributed by atoms with Crippen LogP contribution in [-0.2, 0) is 7.05 Å². The van der Waals surface area contributed by atoms with Crippen LogP contribution in [-0.4, -0.2) is 34.1 Å². The Morgan fingerprint density at radius 2 is 2.50 bits per heavy atom. The molecule has 4 nitrogen and oxygen atoms in total. The van der Waals surface area contributed by atoms with E-state index >= 15 is 0 Å². The van der Waals surface area contributed by atoms with Crippen molar-refractivity contribution >= 4 is 0 Å². The third-order valence-electron chi connectivity index (χ3n) is 3.00. The highest BCUT2D eigenvalue weighted by Gasteiger charge is 2.29. The molecule has 2 rings (SSSR count). The Morgan fingerprint density at radius 3 is 3.07 bits per heavy atom. The van der Waals surface area contributed by atoms with Crippen LogP contribution >= 0.6 is 0 Å². The van der Waals surface area contributed by atoms with Gasteiger partial charge in [0.25, 0.3) is 0 Å². The van der Waals surface area contributed by atoms with E-state index in [0.717, 1.165) is 18.7 Å². The summed E-state index contributed by atoms with van der Waals surface area (Å²) in [6.07, 6.45) is 3.16. The van der Waals surface area contributed by atoms with Crippen molar-refractivity contribution < 1.29 is 5.11 Å². The Morgan fingerprint density at radius 1 is 1.71 bits per heavy atom. The molecule has 1 fully saturated rings. The van der Waals surface area contributed by atoms with Gasteiger partial charge in [0.2, 0.25) is 0 Å². The molecule has 14 heavy (non-hydrogen) atoms. The fraction of sp³-hybridized carbons (Fsp3) is 0.700. The first-order valence-electron chi connectivity index (χ1n) is 5.06. The number of hydrogen-bond donors (Lipinski definition) is 2. The summed E-state index contributed by atoms with van der Waals surface area (Å²) in [5, 5.41) is 16.8. The van der Waals surface area contributed by atoms with E-state index in [1.807, 2.05) is 18.7 Å². The number of aliphatic hydroxyl groups excluding tert-OH is 1. The van der Waals surface area contributed by atoms with Gasteiger partial charge in [0, 0.05) is 25.2 Å². The van der Waals surface area contributed by atoms with Crippen molar-refractivity contribution in [1.82, 2.24) is 15.1 Å². The van der Waals surface area contributed by atoms with Crippen LogP contribution in [0, 0.1) is 6.92 Å². The smallest absolute Gasteiger partial charge is 0.0628 e. The van der Waals surface area contributed by atoms with Gasteiger partial charge in [0.1, 0.15) is 0 Å². The maximum absolute atomic E-state index is 9.21. The fourth-order valence-corrected chi connectivity index (χ4v) is 2.31. The van der Waals surface area contributed by atoms with Crippen molar-refractivity contribution in [1.29, 1.82) is 0 Å². The molecule has 2 N–H and O–H groups in total. The SMILES string of the molecule is Cc1nn(C)cc1C1CCNC1CO. The largest absolute Gasteiger partial charge is 0.395 e. The molecule has 0 aliphatic carbocycles. The van der Waals surface area contributed by atoms with Gasteiger partial charge in [-0.1, -0.05) is 0 Å². The molecule has 78 valence electrons. The van der Waals surface area contributed by atoms with E-state index in [1.54, 1.807) is 0 Å². The summed E-state index contributed by atoms with van der Waals surface area (Å²) in [5.74, 6) is 0.425. The number of nitrogens with zero attached hydrogens (tertiary/aromatic N) is 2. The van der Waals surface area contributed by atoms with Gasteiger partial charge in [0.05, 0.1) is 12.3 Å². The summed E-state index contributed by atoms with van der Waals surface area (Å²) >= 11 is 0. The topological polar surface area (TPSA) is 50.1 Å². The monoisotopic (exact) mass is 195 g/mol. The minimum absolute atomic E-state index is 0.206. The number of aliphatic hydroxyl groups is 1. The number of aromatic nitrogens is 2. The van der Waals surface area contributed by atoms with Gasteiger partial charge >= 0.3 is 0 Å². The molecule has 4 heteroatoms. The second kappa shape index (κ2) is 3.71. The second-order valence-corrected chi connectivity index (χ2v) is 3.98. The van der Waals surface area contributed by atoms with Crippen molar-refractivity contribution in [3.8, 4) is 0 Å². The Kier molecular flexibility index (Phi) is 2.56. The quantitative estimate of drug-likeness (QED) is 0.707. The molecule has 2 unspecified atom stereocenters. The highest BCUT2D eigenvalue weighted by atomic mass is 16.3. The van der Waals surface area contributed by atoms with Gasteiger partial charge in [-0.3, -0.25) is 4.68 Å². The molecule has 0 saturated carbocycles. The molecular formula is C10H17N3O. The van der Waals surface area contributed by atoms with Gasteiger partial charge in [-0.05, 0) is 25.5 Å². The Labute approximate surface area is 83.9 Å². The maximum atomic E-state index is 9.21. The van der Waals surface area contributed by atoms with E-state index in [4.69, 9.17) is 0 Å². The van der Waals surface area contributed by atoms with Gasteiger partial charge < -0.3 is 10.4 Å². The van der Waals surface area contributed by atoms with Crippen LogP contribution in [0.1, 0.15) is 23.6 Å². The number of rotatable bonds is 2. The van der Waals surface area contributed by atoms with Crippen LogP contribution in [0.15, 0.2) is 6.20 Å². The fourth-order valence-electron chi connectivity index (χ4n) is 2.31. The van der Waals surface area contributed by atoms with Gasteiger partial charge in [-0.25, -0.2) is 0 Å². The molecule has 0 radical (unpaired) electrons. The van der Waals surface area contributed by atoms with Crippen LogP contribution in [0.25, 0.3) is 0 Å². The third-order valence-corrected chi connectivity index (χ3v) is 3.00. The first kappa shape index (κ1) is 9.68. The lowest BCUT2D eigenvalue weighted by molar-refractivity contribution is 0.245. The number of nitrogens with one attached hydrogen (secondary N) is 1. The Hall–Kier alpha value is -0.870. The van der Waals surface area contributed by atoms with Gasteiger partial charge in [-0.2, -0.15) is 5.10 Å². The lowest BCUT2D eigenvalue weighted by Crippen LogP contribution is -2.29. The Balaban J connectivity index is 2.25. The van der Waals surface area contributed by atoms with Crippen molar-refractivity contribution in [2.75, 3.05) is 13.2 Å². The lowest BCUT2D eigenvalue weighted by atomic mass is 9.93. The van der Waals surface area contributed by atoms with E-state index in [1.165, 1.54) is 5.56 Å². The summed E-state index contributed by atoms with van der Waals surface area (Å²) in [7, 11) is 1.94. The number of aryl methyl sites for hydroxylation is 2. The van der Waals surface area contributed by atoms with Crippen LogP contribution in [0.3, 0.4) is 0 Å². The molecule has 1 saturated heterocycles. The lowest BCUT2D eigenvalue weighted by Gasteiger charge is -2.16. The molecule has 0 amide bonds. The zero-order valence-electron chi connectivity index (χ0n) is 8.70. The molecular weight excluding hydrogens is 178 g/mol. The van der Waals surface area contributed by atoms with E-state index in [9.17, 15) is 5.11 Å². The normalized spacial score (nSPS) is 27.1. The highest BCUT2D eigenvalue weighted by Crippen LogP contribution is 2.29. The molecule has 0 aromatic carbocycles. The van der Waals surface area contributed by atoms with Crippen LogP contribution in [0.2, 0.25) is 0 Å².